The fourth-order valence-corrected chi connectivity index (χ4v) is 5.50. The minimum absolute atomic E-state index is 0.306. The van der Waals surface area contributed by atoms with Gasteiger partial charge in [-0.15, -0.1) is 0 Å². The molecule has 3 rings (SSSR count). The van der Waals surface area contributed by atoms with Crippen LogP contribution in [0, 0.1) is 5.82 Å². The van der Waals surface area contributed by atoms with Crippen molar-refractivity contribution in [3.8, 4) is 0 Å². The lowest BCUT2D eigenvalue weighted by molar-refractivity contribution is 0.553. The van der Waals surface area contributed by atoms with Gasteiger partial charge in [-0.3, -0.25) is 0 Å². The summed E-state index contributed by atoms with van der Waals surface area (Å²) in [4.78, 5) is 0. The molecule has 1 atom stereocenters. The molecule has 1 aliphatic rings. The summed E-state index contributed by atoms with van der Waals surface area (Å²) >= 11 is 6.27. The van der Waals surface area contributed by atoms with Gasteiger partial charge in [0, 0.05) is 0 Å². The van der Waals surface area contributed by atoms with Crippen molar-refractivity contribution in [2.24, 2.45) is 0 Å². The van der Waals surface area contributed by atoms with Crippen molar-refractivity contribution in [2.75, 3.05) is 17.9 Å². The highest BCUT2D eigenvalue weighted by Gasteiger charge is 2.39. The van der Waals surface area contributed by atoms with Crippen molar-refractivity contribution in [3.63, 3.8) is 0 Å². The van der Waals surface area contributed by atoms with Crippen molar-refractivity contribution in [1.29, 1.82) is 0 Å². The number of rotatable bonds is 5. The summed E-state index contributed by atoms with van der Waals surface area (Å²) in [6, 6.07) is 11.0. The van der Waals surface area contributed by atoms with Crippen molar-refractivity contribution >= 4 is 33.0 Å². The number of hydrogen-bond acceptors (Lipinski definition) is 3. The number of halogens is 2. The predicted octanol–water partition coefficient (Wildman–Crippen LogP) is 3.87. The molecule has 1 N–H and O–H groups in total. The molecule has 0 aliphatic carbocycles. The van der Waals surface area contributed by atoms with Gasteiger partial charge in [-0.05, 0) is 68.8 Å². The first kappa shape index (κ1) is 18.2. The van der Waals surface area contributed by atoms with Gasteiger partial charge in [-0.2, -0.15) is 0 Å². The standard InChI is InChI=1S/C18H20ClFN2O2S/c1-21-10-4-5-15-12-13-11-14(20)8-9-17(13)22(25(15,23)24)18-7-3-2-6-16(18)19/h2-3,6-9,11,15,21H,4-5,10,12H2,1H3/t15-/m1/s1. The molecule has 0 aromatic heterocycles. The largest absolute Gasteiger partial charge is 0.320 e. The molecule has 2 aromatic rings. The molecule has 1 heterocycles. The van der Waals surface area contributed by atoms with Crippen LogP contribution in [0.5, 0.6) is 0 Å². The van der Waals surface area contributed by atoms with Crippen LogP contribution >= 0.6 is 11.6 Å². The van der Waals surface area contributed by atoms with Crippen LogP contribution in [0.15, 0.2) is 42.5 Å². The van der Waals surface area contributed by atoms with Gasteiger partial charge in [-0.25, -0.2) is 17.1 Å². The van der Waals surface area contributed by atoms with Crippen molar-refractivity contribution in [3.05, 3.63) is 58.9 Å². The summed E-state index contributed by atoms with van der Waals surface area (Å²) in [5.74, 6) is -0.369. The molecule has 0 spiro atoms. The zero-order valence-electron chi connectivity index (χ0n) is 13.9. The lowest BCUT2D eigenvalue weighted by atomic mass is 10.0. The van der Waals surface area contributed by atoms with Gasteiger partial charge in [0.1, 0.15) is 5.82 Å². The second-order valence-corrected chi connectivity index (χ2v) is 8.57. The molecule has 0 fully saturated rings. The molecule has 0 unspecified atom stereocenters. The SMILES string of the molecule is CNCCC[C@@H]1Cc2cc(F)ccc2N(c2ccccc2Cl)S1(=O)=O. The molecular formula is C18H20ClFN2O2S. The number of nitrogens with one attached hydrogen (secondary N) is 1. The van der Waals surface area contributed by atoms with Crippen LogP contribution in [0.3, 0.4) is 0 Å². The Bertz CT molecular complexity index is 873. The maximum Gasteiger partial charge on any atom is 0.242 e. The summed E-state index contributed by atoms with van der Waals surface area (Å²) in [6.45, 7) is 0.730. The van der Waals surface area contributed by atoms with Crippen molar-refractivity contribution in [1.82, 2.24) is 5.32 Å². The fourth-order valence-electron chi connectivity index (χ4n) is 3.19. The van der Waals surface area contributed by atoms with Crippen LogP contribution in [0.2, 0.25) is 5.02 Å². The first-order valence-electron chi connectivity index (χ1n) is 8.17. The Hall–Kier alpha value is -1.63. The normalized spacial score (nSPS) is 18.8. The van der Waals surface area contributed by atoms with E-state index >= 15 is 0 Å². The van der Waals surface area contributed by atoms with Gasteiger partial charge in [0.2, 0.25) is 10.0 Å². The number of anilines is 2. The fraction of sp³-hybridized carbons (Fsp3) is 0.333. The van der Waals surface area contributed by atoms with Gasteiger partial charge in [0.25, 0.3) is 0 Å². The average Bonchev–Trinajstić information content (AvgIpc) is 2.57. The minimum atomic E-state index is -3.65. The highest BCUT2D eigenvalue weighted by molar-refractivity contribution is 7.93. The Kier molecular flexibility index (Phi) is 5.32. The van der Waals surface area contributed by atoms with Gasteiger partial charge in [-0.1, -0.05) is 23.7 Å². The Labute approximate surface area is 152 Å². The molecule has 7 heteroatoms. The molecule has 1 aliphatic heterocycles. The summed E-state index contributed by atoms with van der Waals surface area (Å²) in [5.41, 5.74) is 1.55. The van der Waals surface area contributed by atoms with Crippen LogP contribution in [-0.2, 0) is 16.4 Å². The van der Waals surface area contributed by atoms with E-state index in [4.69, 9.17) is 11.6 Å². The molecule has 0 saturated carbocycles. The molecule has 25 heavy (non-hydrogen) atoms. The highest BCUT2D eigenvalue weighted by atomic mass is 35.5. The second kappa shape index (κ2) is 7.32. The molecule has 0 radical (unpaired) electrons. The third-order valence-electron chi connectivity index (χ3n) is 4.41. The van der Waals surface area contributed by atoms with Crippen molar-refractivity contribution in [2.45, 2.75) is 24.5 Å². The van der Waals surface area contributed by atoms with E-state index in [-0.39, 0.29) is 5.82 Å². The van der Waals surface area contributed by atoms with E-state index in [1.807, 2.05) is 7.05 Å². The van der Waals surface area contributed by atoms with Crippen LogP contribution < -0.4 is 9.62 Å². The van der Waals surface area contributed by atoms with Gasteiger partial charge in [0.05, 0.1) is 21.6 Å². The van der Waals surface area contributed by atoms with Crippen LogP contribution in [0.4, 0.5) is 15.8 Å². The van der Waals surface area contributed by atoms with E-state index < -0.39 is 15.3 Å². The van der Waals surface area contributed by atoms with E-state index in [0.29, 0.717) is 34.8 Å². The van der Waals surface area contributed by atoms with Crippen LogP contribution in [-0.4, -0.2) is 27.3 Å². The molecule has 0 saturated heterocycles. The zero-order valence-corrected chi connectivity index (χ0v) is 15.4. The molecule has 0 bridgehead atoms. The Balaban J connectivity index is 2.12. The Morgan fingerprint density at radius 1 is 1.24 bits per heavy atom. The zero-order chi connectivity index (χ0) is 18.0. The van der Waals surface area contributed by atoms with Gasteiger partial charge < -0.3 is 5.32 Å². The van der Waals surface area contributed by atoms with Gasteiger partial charge >= 0.3 is 0 Å². The number of nitrogens with zero attached hydrogens (tertiary/aromatic N) is 1. The number of hydrogen-bond donors (Lipinski definition) is 1. The Morgan fingerprint density at radius 3 is 2.72 bits per heavy atom. The maximum absolute atomic E-state index is 13.7. The smallest absolute Gasteiger partial charge is 0.242 e. The van der Waals surface area contributed by atoms with E-state index in [1.165, 1.54) is 22.5 Å². The third-order valence-corrected chi connectivity index (χ3v) is 6.87. The second-order valence-electron chi connectivity index (χ2n) is 6.11. The first-order chi connectivity index (χ1) is 11.9. The summed E-state index contributed by atoms with van der Waals surface area (Å²) < 4.78 is 41.5. The van der Waals surface area contributed by atoms with Gasteiger partial charge in [0.15, 0.2) is 0 Å². The lowest BCUT2D eigenvalue weighted by Gasteiger charge is -2.36. The monoisotopic (exact) mass is 382 g/mol. The van der Waals surface area contributed by atoms with Crippen LogP contribution in [0.1, 0.15) is 18.4 Å². The minimum Gasteiger partial charge on any atom is -0.320 e. The summed E-state index contributed by atoms with van der Waals surface area (Å²) in [7, 11) is -1.82. The van der Waals surface area contributed by atoms with Crippen LogP contribution in [0.25, 0.3) is 0 Å². The maximum atomic E-state index is 13.7. The molecule has 4 nitrogen and oxygen atoms in total. The van der Waals surface area contributed by atoms with E-state index in [2.05, 4.69) is 5.32 Å². The van der Waals surface area contributed by atoms with E-state index in [9.17, 15) is 12.8 Å². The topological polar surface area (TPSA) is 49.4 Å². The van der Waals surface area contributed by atoms with E-state index in [1.54, 1.807) is 24.3 Å². The highest BCUT2D eigenvalue weighted by Crippen LogP contribution is 2.42. The first-order valence-corrected chi connectivity index (χ1v) is 10.0. The van der Waals surface area contributed by atoms with Crippen molar-refractivity contribution < 1.29 is 12.8 Å². The Morgan fingerprint density at radius 2 is 2.00 bits per heavy atom. The summed E-state index contributed by atoms with van der Waals surface area (Å²) in [5, 5.41) is 2.76. The third kappa shape index (κ3) is 3.52. The number of fused-ring (bicyclic) bond motifs is 1. The lowest BCUT2D eigenvalue weighted by Crippen LogP contribution is -2.41. The molecule has 0 amide bonds. The van der Waals surface area contributed by atoms with E-state index in [0.717, 1.165) is 13.0 Å². The average molecular weight is 383 g/mol. The molecular weight excluding hydrogens is 363 g/mol. The quantitative estimate of drug-likeness (QED) is 0.798. The summed E-state index contributed by atoms with van der Waals surface area (Å²) in [6.07, 6.45) is 1.53. The predicted molar refractivity (Wildman–Crippen MR) is 99.6 cm³/mol. The number of para-hydroxylation sites is 1. The molecule has 2 aromatic carbocycles. The number of sulfonamides is 1. The number of benzene rings is 2. The molecule has 134 valence electrons.